The Labute approximate surface area is 117 Å². The van der Waals surface area contributed by atoms with Gasteiger partial charge < -0.3 is 5.11 Å². The molecule has 0 spiro atoms. The van der Waals surface area contributed by atoms with Gasteiger partial charge in [-0.2, -0.15) is 9.40 Å². The molecule has 106 valence electrons. The molecule has 2 aliphatic rings. The van der Waals surface area contributed by atoms with E-state index in [-0.39, 0.29) is 22.1 Å². The van der Waals surface area contributed by atoms with Crippen LogP contribution in [0.1, 0.15) is 25.7 Å². The van der Waals surface area contributed by atoms with Gasteiger partial charge in [0.05, 0.1) is 17.3 Å². The Bertz CT molecular complexity index is 567. The van der Waals surface area contributed by atoms with Crippen LogP contribution in [-0.4, -0.2) is 45.8 Å². The van der Waals surface area contributed by atoms with Crippen LogP contribution >= 0.6 is 11.6 Å². The van der Waals surface area contributed by atoms with Gasteiger partial charge in [0.25, 0.3) is 10.0 Å². The van der Waals surface area contributed by atoms with Crippen LogP contribution < -0.4 is 0 Å². The van der Waals surface area contributed by atoms with Crippen LogP contribution in [0.3, 0.4) is 0 Å². The maximum absolute atomic E-state index is 12.8. The average Bonchev–Trinajstić information content (AvgIpc) is 2.79. The number of halogens is 1. The SMILES string of the molecule is Cn1ncc(Cl)c1S(=O)(=O)N1C2CCC1CC(O)C2. The largest absolute Gasteiger partial charge is 0.393 e. The minimum Gasteiger partial charge on any atom is -0.393 e. The highest BCUT2D eigenvalue weighted by molar-refractivity contribution is 7.89. The molecule has 2 atom stereocenters. The lowest BCUT2D eigenvalue weighted by molar-refractivity contribution is 0.0766. The predicted octanol–water partition coefficient (Wildman–Crippen LogP) is 0.750. The van der Waals surface area contributed by atoms with Crippen molar-refractivity contribution in [1.29, 1.82) is 0 Å². The minimum atomic E-state index is -3.65. The lowest BCUT2D eigenvalue weighted by Gasteiger charge is -2.35. The molecule has 2 unspecified atom stereocenters. The van der Waals surface area contributed by atoms with Crippen LogP contribution in [0, 0.1) is 0 Å². The predicted molar refractivity (Wildman–Crippen MR) is 69.3 cm³/mol. The van der Waals surface area contributed by atoms with Crippen LogP contribution in [0.25, 0.3) is 0 Å². The molecule has 1 N–H and O–H groups in total. The number of sulfonamides is 1. The van der Waals surface area contributed by atoms with Gasteiger partial charge in [-0.05, 0) is 25.7 Å². The first-order valence-electron chi connectivity index (χ1n) is 6.30. The first-order chi connectivity index (χ1) is 8.91. The zero-order valence-electron chi connectivity index (χ0n) is 10.5. The van der Waals surface area contributed by atoms with E-state index in [0.29, 0.717) is 12.8 Å². The summed E-state index contributed by atoms with van der Waals surface area (Å²) in [5.74, 6) is 0. The molecule has 0 saturated carbocycles. The summed E-state index contributed by atoms with van der Waals surface area (Å²) in [6, 6.07) is -0.241. The fraction of sp³-hybridized carbons (Fsp3) is 0.727. The number of hydrogen-bond donors (Lipinski definition) is 1. The van der Waals surface area contributed by atoms with Crippen molar-refractivity contribution in [2.75, 3.05) is 0 Å². The summed E-state index contributed by atoms with van der Waals surface area (Å²) in [5, 5.41) is 13.8. The maximum Gasteiger partial charge on any atom is 0.262 e. The van der Waals surface area contributed by atoms with Crippen molar-refractivity contribution in [1.82, 2.24) is 14.1 Å². The Morgan fingerprint density at radius 2 is 1.95 bits per heavy atom. The highest BCUT2D eigenvalue weighted by Gasteiger charge is 2.48. The van der Waals surface area contributed by atoms with Crippen molar-refractivity contribution in [3.8, 4) is 0 Å². The van der Waals surface area contributed by atoms with Gasteiger partial charge in [-0.3, -0.25) is 4.68 Å². The van der Waals surface area contributed by atoms with E-state index in [0.717, 1.165) is 12.8 Å². The van der Waals surface area contributed by atoms with Gasteiger partial charge in [0.15, 0.2) is 5.03 Å². The quantitative estimate of drug-likeness (QED) is 0.875. The molecule has 8 heteroatoms. The van der Waals surface area contributed by atoms with E-state index < -0.39 is 16.1 Å². The molecule has 6 nitrogen and oxygen atoms in total. The van der Waals surface area contributed by atoms with E-state index >= 15 is 0 Å². The summed E-state index contributed by atoms with van der Waals surface area (Å²) in [5.41, 5.74) is 0. The lowest BCUT2D eigenvalue weighted by Crippen LogP contribution is -2.48. The Morgan fingerprint density at radius 1 is 1.37 bits per heavy atom. The molecule has 0 aliphatic carbocycles. The third-order valence-electron chi connectivity index (χ3n) is 4.01. The van der Waals surface area contributed by atoms with Crippen LogP contribution in [-0.2, 0) is 17.1 Å². The van der Waals surface area contributed by atoms with Crippen LogP contribution in [0.4, 0.5) is 0 Å². The Balaban J connectivity index is 2.03. The third kappa shape index (κ3) is 1.99. The van der Waals surface area contributed by atoms with Crippen molar-refractivity contribution in [3.63, 3.8) is 0 Å². The molecular formula is C11H16ClN3O3S. The van der Waals surface area contributed by atoms with Gasteiger partial charge in [-0.15, -0.1) is 0 Å². The smallest absolute Gasteiger partial charge is 0.262 e. The summed E-state index contributed by atoms with van der Waals surface area (Å²) in [6.07, 6.45) is 3.56. The molecule has 1 aromatic rings. The molecular weight excluding hydrogens is 290 g/mol. The number of aliphatic hydroxyl groups excluding tert-OH is 1. The topological polar surface area (TPSA) is 75.4 Å². The van der Waals surface area contributed by atoms with E-state index in [4.69, 9.17) is 11.6 Å². The van der Waals surface area contributed by atoms with Crippen molar-refractivity contribution >= 4 is 21.6 Å². The molecule has 19 heavy (non-hydrogen) atoms. The summed E-state index contributed by atoms with van der Waals surface area (Å²) >= 11 is 5.95. The standard InChI is InChI=1S/C11H16ClN3O3S/c1-14-11(10(12)6-13-14)19(17,18)15-7-2-3-8(15)5-9(16)4-7/h6-9,16H,2-5H2,1H3. The number of nitrogens with zero attached hydrogens (tertiary/aromatic N) is 3. The van der Waals surface area contributed by atoms with Gasteiger partial charge in [0.2, 0.25) is 0 Å². The van der Waals surface area contributed by atoms with E-state index in [9.17, 15) is 13.5 Å². The maximum atomic E-state index is 12.8. The molecule has 0 aromatic carbocycles. The number of hydrogen-bond acceptors (Lipinski definition) is 4. The second-order valence-corrected chi connectivity index (χ2v) is 7.43. The minimum absolute atomic E-state index is 0.0439. The van der Waals surface area contributed by atoms with Crippen LogP contribution in [0.2, 0.25) is 5.02 Å². The number of fused-ring (bicyclic) bond motifs is 2. The Kier molecular flexibility index (Phi) is 3.12. The highest BCUT2D eigenvalue weighted by atomic mass is 35.5. The average molecular weight is 306 g/mol. The molecule has 0 radical (unpaired) electrons. The van der Waals surface area contributed by atoms with Gasteiger partial charge in [0.1, 0.15) is 0 Å². The second kappa shape index (κ2) is 4.44. The first kappa shape index (κ1) is 13.4. The van der Waals surface area contributed by atoms with Gasteiger partial charge >= 0.3 is 0 Å². The molecule has 1 aromatic heterocycles. The number of rotatable bonds is 2. The van der Waals surface area contributed by atoms with Crippen LogP contribution in [0.15, 0.2) is 11.2 Å². The zero-order valence-corrected chi connectivity index (χ0v) is 12.1. The second-order valence-electron chi connectivity index (χ2n) is 5.27. The Hall–Kier alpha value is -0.630. The molecule has 2 bridgehead atoms. The molecule has 2 fully saturated rings. The summed E-state index contributed by atoms with van der Waals surface area (Å²) in [7, 11) is -2.08. The Morgan fingerprint density at radius 3 is 2.42 bits per heavy atom. The van der Waals surface area contributed by atoms with E-state index in [2.05, 4.69) is 5.10 Å². The number of piperidine rings is 1. The third-order valence-corrected chi connectivity index (χ3v) is 6.52. The fourth-order valence-electron chi connectivity index (χ4n) is 3.29. The van der Waals surface area contributed by atoms with Crippen molar-refractivity contribution in [3.05, 3.63) is 11.2 Å². The van der Waals surface area contributed by atoms with Crippen molar-refractivity contribution in [2.45, 2.75) is 48.9 Å². The summed E-state index contributed by atoms with van der Waals surface area (Å²) < 4.78 is 28.3. The fourth-order valence-corrected chi connectivity index (χ4v) is 5.79. The van der Waals surface area contributed by atoms with E-state index in [1.807, 2.05) is 0 Å². The van der Waals surface area contributed by atoms with Gasteiger partial charge in [-0.25, -0.2) is 8.42 Å². The van der Waals surface area contributed by atoms with Gasteiger partial charge in [-0.1, -0.05) is 11.6 Å². The monoisotopic (exact) mass is 305 g/mol. The summed E-state index contributed by atoms with van der Waals surface area (Å²) in [6.45, 7) is 0. The zero-order chi connectivity index (χ0) is 13.8. The van der Waals surface area contributed by atoms with E-state index in [1.54, 1.807) is 7.05 Å². The molecule has 2 saturated heterocycles. The number of aryl methyl sites for hydroxylation is 1. The first-order valence-corrected chi connectivity index (χ1v) is 8.12. The molecule has 3 rings (SSSR count). The summed E-state index contributed by atoms with van der Waals surface area (Å²) in [4.78, 5) is 0. The molecule has 3 heterocycles. The van der Waals surface area contributed by atoms with Crippen molar-refractivity contribution < 1.29 is 13.5 Å². The van der Waals surface area contributed by atoms with Gasteiger partial charge in [0, 0.05) is 19.1 Å². The number of aromatic nitrogens is 2. The lowest BCUT2D eigenvalue weighted by atomic mass is 10.0. The van der Waals surface area contributed by atoms with Crippen LogP contribution in [0.5, 0.6) is 0 Å². The van der Waals surface area contributed by atoms with Crippen molar-refractivity contribution in [2.24, 2.45) is 7.05 Å². The van der Waals surface area contributed by atoms with E-state index in [1.165, 1.54) is 15.2 Å². The number of aliphatic hydroxyl groups is 1. The highest BCUT2D eigenvalue weighted by Crippen LogP contribution is 2.40. The molecule has 0 amide bonds. The molecule has 2 aliphatic heterocycles. The normalized spacial score (nSPS) is 31.8.